The van der Waals surface area contributed by atoms with E-state index in [1.807, 2.05) is 6.07 Å². The zero-order chi connectivity index (χ0) is 12.2. The Bertz CT molecular complexity index is 507. The highest BCUT2D eigenvalue weighted by atomic mass is 16.5. The van der Waals surface area contributed by atoms with Gasteiger partial charge in [-0.15, -0.1) is 10.2 Å². The molecule has 2 heterocycles. The molecule has 0 N–H and O–H groups in total. The Kier molecular flexibility index (Phi) is 3.37. The van der Waals surface area contributed by atoms with Gasteiger partial charge in [0.25, 0.3) is 0 Å². The fraction of sp³-hybridized carbons (Fsp3) is 0.429. The fourth-order valence-corrected chi connectivity index (χ4v) is 2.32. The molecule has 0 aliphatic carbocycles. The van der Waals surface area contributed by atoms with E-state index in [1.165, 1.54) is 5.56 Å². The second-order valence-corrected chi connectivity index (χ2v) is 4.53. The molecule has 0 saturated carbocycles. The van der Waals surface area contributed by atoms with Crippen LogP contribution in [0.25, 0.3) is 0 Å². The molecule has 0 unspecified atom stereocenters. The van der Waals surface area contributed by atoms with E-state index < -0.39 is 0 Å². The maximum Gasteiger partial charge on any atom is 0.135 e. The number of aryl methyl sites for hydroxylation is 2. The van der Waals surface area contributed by atoms with Gasteiger partial charge in [0.2, 0.25) is 0 Å². The quantitative estimate of drug-likeness (QED) is 0.822. The van der Waals surface area contributed by atoms with Crippen LogP contribution in [0.4, 0.5) is 0 Å². The summed E-state index contributed by atoms with van der Waals surface area (Å²) in [5.74, 6) is 2.15. The van der Waals surface area contributed by atoms with Crippen molar-refractivity contribution in [3.05, 3.63) is 47.5 Å². The Balaban J connectivity index is 1.72. The summed E-state index contributed by atoms with van der Waals surface area (Å²) in [7, 11) is 0. The van der Waals surface area contributed by atoms with Crippen molar-refractivity contribution >= 4 is 0 Å². The Labute approximate surface area is 107 Å². The van der Waals surface area contributed by atoms with Gasteiger partial charge in [-0.1, -0.05) is 30.3 Å². The Hall–Kier alpha value is -1.68. The van der Waals surface area contributed by atoms with Gasteiger partial charge in [-0.3, -0.25) is 0 Å². The summed E-state index contributed by atoms with van der Waals surface area (Å²) in [5.41, 5.74) is 1.35. The van der Waals surface area contributed by atoms with Crippen LogP contribution in [0.3, 0.4) is 0 Å². The molecule has 0 atom stereocenters. The largest absolute Gasteiger partial charge is 0.379 e. The average Bonchev–Trinajstić information content (AvgIpc) is 2.65. The van der Waals surface area contributed by atoms with Crippen LogP contribution in [0.15, 0.2) is 30.3 Å². The first-order valence-corrected chi connectivity index (χ1v) is 6.46. The first-order valence-electron chi connectivity index (χ1n) is 6.46. The topological polar surface area (TPSA) is 39.9 Å². The third-order valence-corrected chi connectivity index (χ3v) is 3.31. The lowest BCUT2D eigenvalue weighted by atomic mass is 10.1. The van der Waals surface area contributed by atoms with Crippen molar-refractivity contribution in [3.8, 4) is 0 Å². The van der Waals surface area contributed by atoms with Gasteiger partial charge in [-0.2, -0.15) is 0 Å². The number of rotatable bonds is 3. The summed E-state index contributed by atoms with van der Waals surface area (Å²) in [6, 6.07) is 10.5. The van der Waals surface area contributed by atoms with E-state index in [1.54, 1.807) is 0 Å². The summed E-state index contributed by atoms with van der Waals surface area (Å²) in [6.45, 7) is 2.41. The van der Waals surface area contributed by atoms with Gasteiger partial charge in [0.1, 0.15) is 11.6 Å². The van der Waals surface area contributed by atoms with E-state index in [0.717, 1.165) is 50.7 Å². The molecule has 4 heteroatoms. The van der Waals surface area contributed by atoms with Crippen molar-refractivity contribution in [3.63, 3.8) is 0 Å². The van der Waals surface area contributed by atoms with Crippen molar-refractivity contribution < 1.29 is 4.74 Å². The highest BCUT2D eigenvalue weighted by molar-refractivity contribution is 5.15. The monoisotopic (exact) mass is 243 g/mol. The van der Waals surface area contributed by atoms with Crippen LogP contribution >= 0.6 is 0 Å². The van der Waals surface area contributed by atoms with Crippen LogP contribution in [0.1, 0.15) is 17.2 Å². The maximum atomic E-state index is 5.46. The van der Waals surface area contributed by atoms with Gasteiger partial charge in [-0.25, -0.2) is 0 Å². The molecule has 18 heavy (non-hydrogen) atoms. The first kappa shape index (κ1) is 11.4. The molecule has 0 amide bonds. The van der Waals surface area contributed by atoms with Gasteiger partial charge in [-0.05, 0) is 12.0 Å². The standard InChI is InChI=1S/C14H17N3O/c1-2-4-12(5-3-1)6-7-13-15-16-14-8-10-18-11-9-17(13)14/h1-5H,6-11H2. The predicted octanol–water partition coefficient (Wildman–Crippen LogP) is 1.64. The minimum absolute atomic E-state index is 0.761. The molecule has 3 rings (SSSR count). The fourth-order valence-electron chi connectivity index (χ4n) is 2.32. The SMILES string of the molecule is c1ccc(CCc2nnc3n2CCOCC3)cc1. The van der Waals surface area contributed by atoms with Gasteiger partial charge >= 0.3 is 0 Å². The van der Waals surface area contributed by atoms with Gasteiger partial charge < -0.3 is 9.30 Å². The van der Waals surface area contributed by atoms with Crippen molar-refractivity contribution in [1.29, 1.82) is 0 Å². The minimum Gasteiger partial charge on any atom is -0.379 e. The zero-order valence-electron chi connectivity index (χ0n) is 10.4. The minimum atomic E-state index is 0.761. The molecule has 0 fully saturated rings. The summed E-state index contributed by atoms with van der Waals surface area (Å²) in [5, 5.41) is 8.57. The van der Waals surface area contributed by atoms with Crippen molar-refractivity contribution in [1.82, 2.24) is 14.8 Å². The number of hydrogen-bond donors (Lipinski definition) is 0. The van der Waals surface area contributed by atoms with E-state index in [-0.39, 0.29) is 0 Å². The Morgan fingerprint density at radius 3 is 2.83 bits per heavy atom. The molecule has 1 aromatic carbocycles. The van der Waals surface area contributed by atoms with Crippen LogP contribution < -0.4 is 0 Å². The van der Waals surface area contributed by atoms with Crippen molar-refractivity contribution in [2.45, 2.75) is 25.8 Å². The van der Waals surface area contributed by atoms with Crippen molar-refractivity contribution in [2.75, 3.05) is 13.2 Å². The van der Waals surface area contributed by atoms with E-state index in [9.17, 15) is 0 Å². The molecule has 1 aliphatic rings. The molecule has 0 spiro atoms. The molecule has 2 aromatic rings. The smallest absolute Gasteiger partial charge is 0.135 e. The Morgan fingerprint density at radius 2 is 1.94 bits per heavy atom. The van der Waals surface area contributed by atoms with Gasteiger partial charge in [0.05, 0.1) is 13.2 Å². The lowest BCUT2D eigenvalue weighted by Crippen LogP contribution is -2.09. The van der Waals surface area contributed by atoms with Gasteiger partial charge in [0, 0.05) is 19.4 Å². The van der Waals surface area contributed by atoms with Crippen LogP contribution in [0.2, 0.25) is 0 Å². The molecular weight excluding hydrogens is 226 g/mol. The Morgan fingerprint density at radius 1 is 1.06 bits per heavy atom. The normalized spacial score (nSPS) is 15.1. The predicted molar refractivity (Wildman–Crippen MR) is 68.4 cm³/mol. The van der Waals surface area contributed by atoms with Crippen molar-refractivity contribution in [2.24, 2.45) is 0 Å². The third-order valence-electron chi connectivity index (χ3n) is 3.31. The van der Waals surface area contributed by atoms with E-state index >= 15 is 0 Å². The maximum absolute atomic E-state index is 5.46. The van der Waals surface area contributed by atoms with Crippen LogP contribution in [-0.2, 0) is 30.5 Å². The molecule has 1 aromatic heterocycles. The molecule has 0 radical (unpaired) electrons. The van der Waals surface area contributed by atoms with E-state index in [2.05, 4.69) is 39.0 Å². The molecule has 0 bridgehead atoms. The highest BCUT2D eigenvalue weighted by Crippen LogP contribution is 2.10. The lowest BCUT2D eigenvalue weighted by molar-refractivity contribution is 0.139. The molecule has 4 nitrogen and oxygen atoms in total. The van der Waals surface area contributed by atoms with Crippen LogP contribution in [0.5, 0.6) is 0 Å². The second-order valence-electron chi connectivity index (χ2n) is 4.53. The summed E-state index contributed by atoms with van der Waals surface area (Å²) >= 11 is 0. The van der Waals surface area contributed by atoms with E-state index in [0.29, 0.717) is 0 Å². The number of aromatic nitrogens is 3. The third kappa shape index (κ3) is 2.43. The first-order chi connectivity index (χ1) is 8.93. The second kappa shape index (κ2) is 5.31. The lowest BCUT2D eigenvalue weighted by Gasteiger charge is -2.06. The molecule has 94 valence electrons. The van der Waals surface area contributed by atoms with Crippen LogP contribution in [0, 0.1) is 0 Å². The number of hydrogen-bond acceptors (Lipinski definition) is 3. The summed E-state index contributed by atoms with van der Waals surface area (Å²) in [4.78, 5) is 0. The average molecular weight is 243 g/mol. The molecular formula is C14H17N3O. The van der Waals surface area contributed by atoms with E-state index in [4.69, 9.17) is 4.74 Å². The number of ether oxygens (including phenoxy) is 1. The summed E-state index contributed by atoms with van der Waals surface area (Å²) in [6.07, 6.45) is 2.83. The zero-order valence-corrected chi connectivity index (χ0v) is 10.4. The summed E-state index contributed by atoms with van der Waals surface area (Å²) < 4.78 is 7.68. The van der Waals surface area contributed by atoms with Gasteiger partial charge in [0.15, 0.2) is 0 Å². The number of nitrogens with zero attached hydrogens (tertiary/aromatic N) is 3. The molecule has 0 saturated heterocycles. The number of fused-ring (bicyclic) bond motifs is 1. The highest BCUT2D eigenvalue weighted by Gasteiger charge is 2.14. The number of benzene rings is 1. The van der Waals surface area contributed by atoms with Crippen LogP contribution in [-0.4, -0.2) is 28.0 Å². The molecule has 1 aliphatic heterocycles.